The van der Waals surface area contributed by atoms with Gasteiger partial charge in [0.25, 0.3) is 0 Å². The van der Waals surface area contributed by atoms with Crippen LogP contribution in [0.2, 0.25) is 0 Å². The van der Waals surface area contributed by atoms with Crippen molar-refractivity contribution in [2.45, 2.75) is 6.42 Å². The highest BCUT2D eigenvalue weighted by molar-refractivity contribution is 7.22. The van der Waals surface area contributed by atoms with Gasteiger partial charge in [-0.15, -0.1) is 0 Å². The number of para-hydroxylation sites is 2. The first-order valence-electron chi connectivity index (χ1n) is 17.9. The Bertz CT molecular complexity index is 2600. The van der Waals surface area contributed by atoms with Gasteiger partial charge in [0, 0.05) is 17.1 Å². The van der Waals surface area contributed by atoms with E-state index in [1.165, 1.54) is 93.4 Å². The fourth-order valence-corrected chi connectivity index (χ4v) is 15.1. The number of rotatable bonds is 1. The molecule has 1 nitrogen and oxygen atoms in total. The minimum atomic E-state index is -2.66. The SMILES string of the molecule is c1ccc2c(c1)Cc1ccccc1[Si]21c2ccccc2N(c2ccc3c(c2)-c2ccccc2-c2ccccc2-c2ccccc2-3)c2ccccc21. The van der Waals surface area contributed by atoms with E-state index in [9.17, 15) is 0 Å². The summed E-state index contributed by atoms with van der Waals surface area (Å²) in [5.41, 5.74) is 16.8. The molecule has 0 aromatic heterocycles. The summed E-state index contributed by atoms with van der Waals surface area (Å²) in [5, 5.41) is 5.95. The molecule has 51 heavy (non-hydrogen) atoms. The second kappa shape index (κ2) is 10.9. The summed E-state index contributed by atoms with van der Waals surface area (Å²) in [6.07, 6.45) is 0.976. The maximum absolute atomic E-state index is 2.66. The quantitative estimate of drug-likeness (QED) is 0.158. The van der Waals surface area contributed by atoms with E-state index in [4.69, 9.17) is 0 Å². The van der Waals surface area contributed by atoms with Crippen LogP contribution in [0.5, 0.6) is 0 Å². The lowest BCUT2D eigenvalue weighted by molar-refractivity contribution is 1.20. The van der Waals surface area contributed by atoms with Gasteiger partial charge in [0.05, 0.1) is 0 Å². The highest BCUT2D eigenvalue weighted by Crippen LogP contribution is 2.49. The highest BCUT2D eigenvalue weighted by Gasteiger charge is 2.52. The van der Waals surface area contributed by atoms with Gasteiger partial charge in [-0.1, -0.05) is 164 Å². The van der Waals surface area contributed by atoms with Crippen molar-refractivity contribution in [1.82, 2.24) is 0 Å². The van der Waals surface area contributed by atoms with E-state index < -0.39 is 8.07 Å². The molecule has 0 saturated heterocycles. The second-order valence-corrected chi connectivity index (χ2v) is 17.6. The van der Waals surface area contributed by atoms with Crippen molar-refractivity contribution in [1.29, 1.82) is 0 Å². The summed E-state index contributed by atoms with van der Waals surface area (Å²) in [6.45, 7) is 0. The first kappa shape index (κ1) is 28.6. The van der Waals surface area contributed by atoms with Crippen LogP contribution in [0.3, 0.4) is 0 Å². The molecule has 0 N–H and O–H groups in total. The minimum absolute atomic E-state index is 0.976. The van der Waals surface area contributed by atoms with Crippen molar-refractivity contribution >= 4 is 45.9 Å². The second-order valence-electron chi connectivity index (χ2n) is 14.0. The van der Waals surface area contributed by atoms with E-state index in [1.54, 1.807) is 0 Å². The van der Waals surface area contributed by atoms with Crippen LogP contribution in [0.4, 0.5) is 17.1 Å². The summed E-state index contributed by atoms with van der Waals surface area (Å²) >= 11 is 0. The van der Waals surface area contributed by atoms with E-state index >= 15 is 0 Å². The molecule has 2 heteroatoms. The molecular formula is C49H33NSi. The van der Waals surface area contributed by atoms with Crippen molar-refractivity contribution in [3.8, 4) is 44.5 Å². The number of benzene rings is 8. The molecule has 0 atom stereocenters. The van der Waals surface area contributed by atoms with Gasteiger partial charge in [-0.25, -0.2) is 0 Å². The molecule has 0 fully saturated rings. The molecule has 0 saturated carbocycles. The molecule has 238 valence electrons. The van der Waals surface area contributed by atoms with Crippen LogP contribution in [-0.2, 0) is 6.42 Å². The maximum atomic E-state index is 2.55. The zero-order valence-corrected chi connectivity index (χ0v) is 29.1. The first-order chi connectivity index (χ1) is 25.3. The fraction of sp³-hybridized carbons (Fsp3) is 0.0204. The normalized spacial score (nSPS) is 13.9. The van der Waals surface area contributed by atoms with Gasteiger partial charge in [0.2, 0.25) is 0 Å². The van der Waals surface area contributed by atoms with Gasteiger partial charge in [-0.05, 0) is 107 Å². The zero-order chi connectivity index (χ0) is 33.5. The summed E-state index contributed by atoms with van der Waals surface area (Å²) in [5.74, 6) is 0. The van der Waals surface area contributed by atoms with Crippen LogP contribution < -0.4 is 25.6 Å². The first-order valence-corrected chi connectivity index (χ1v) is 19.9. The molecule has 0 bridgehead atoms. The standard InChI is InChI=1S/C49H33NSi/c1-11-25-46-33(15-1)31-34-16-2-12-26-47(34)51(46)48-27-13-9-23-44(48)50(45-24-10-14-28-49(45)51)35-29-30-42-40-21-6-5-19-38(40)36-17-3-4-18-37(36)39-20-7-8-22-41(39)43(42)32-35/h1-30,32H,31H2. The largest absolute Gasteiger partial charge is 0.311 e. The molecule has 1 aliphatic carbocycles. The van der Waals surface area contributed by atoms with Gasteiger partial charge < -0.3 is 4.90 Å². The van der Waals surface area contributed by atoms with E-state index in [-0.39, 0.29) is 0 Å². The third-order valence-corrected chi connectivity index (χ3v) is 16.6. The molecule has 0 unspecified atom stereocenters. The number of hydrogen-bond acceptors (Lipinski definition) is 1. The monoisotopic (exact) mass is 663 g/mol. The van der Waals surface area contributed by atoms with Crippen LogP contribution in [0, 0.1) is 0 Å². The number of hydrogen-bond donors (Lipinski definition) is 0. The summed E-state index contributed by atoms with van der Waals surface area (Å²) in [7, 11) is -2.66. The van der Waals surface area contributed by atoms with Crippen molar-refractivity contribution in [2.75, 3.05) is 4.90 Å². The Balaban J connectivity index is 1.21. The molecule has 2 aliphatic heterocycles. The Morgan fingerprint density at radius 1 is 0.314 bits per heavy atom. The highest BCUT2D eigenvalue weighted by atomic mass is 28.3. The Hall–Kier alpha value is -6.22. The lowest BCUT2D eigenvalue weighted by Crippen LogP contribution is -2.79. The number of nitrogens with zero attached hydrogens (tertiary/aromatic N) is 1. The fourth-order valence-electron chi connectivity index (χ4n) is 9.52. The molecule has 3 aliphatic rings. The third kappa shape index (κ3) is 3.91. The van der Waals surface area contributed by atoms with Crippen LogP contribution in [-0.4, -0.2) is 8.07 Å². The Morgan fingerprint density at radius 2 is 0.667 bits per heavy atom. The van der Waals surface area contributed by atoms with Gasteiger partial charge >= 0.3 is 0 Å². The summed E-state index contributed by atoms with van der Waals surface area (Å²) in [4.78, 5) is 2.55. The summed E-state index contributed by atoms with van der Waals surface area (Å²) < 4.78 is 0. The maximum Gasteiger partial charge on any atom is 0.184 e. The predicted molar refractivity (Wildman–Crippen MR) is 216 cm³/mol. The predicted octanol–water partition coefficient (Wildman–Crippen LogP) is 9.73. The summed E-state index contributed by atoms with van der Waals surface area (Å²) in [6, 6.07) is 70.9. The van der Waals surface area contributed by atoms with Gasteiger partial charge in [0.15, 0.2) is 8.07 Å². The van der Waals surface area contributed by atoms with Crippen molar-refractivity contribution in [3.63, 3.8) is 0 Å². The van der Waals surface area contributed by atoms with Gasteiger partial charge in [-0.3, -0.25) is 0 Å². The lowest BCUT2D eigenvalue weighted by atomic mass is 9.81. The Morgan fingerprint density at radius 3 is 1.14 bits per heavy atom. The van der Waals surface area contributed by atoms with Gasteiger partial charge in [0.1, 0.15) is 0 Å². The smallest absolute Gasteiger partial charge is 0.184 e. The van der Waals surface area contributed by atoms with Crippen molar-refractivity contribution in [3.05, 3.63) is 199 Å². The third-order valence-electron chi connectivity index (χ3n) is 11.5. The molecule has 8 aromatic rings. The lowest BCUT2D eigenvalue weighted by Gasteiger charge is -2.47. The van der Waals surface area contributed by atoms with Crippen LogP contribution in [0.25, 0.3) is 44.5 Å². The van der Waals surface area contributed by atoms with Crippen LogP contribution in [0.15, 0.2) is 188 Å². The zero-order valence-electron chi connectivity index (χ0n) is 28.1. The van der Waals surface area contributed by atoms with Crippen LogP contribution >= 0.6 is 0 Å². The molecule has 11 rings (SSSR count). The van der Waals surface area contributed by atoms with Gasteiger partial charge in [-0.2, -0.15) is 0 Å². The molecule has 0 amide bonds. The van der Waals surface area contributed by atoms with Crippen molar-refractivity contribution < 1.29 is 0 Å². The number of fused-ring (bicyclic) bond motifs is 16. The minimum Gasteiger partial charge on any atom is -0.311 e. The molecular weight excluding hydrogens is 631 g/mol. The molecule has 1 spiro atoms. The topological polar surface area (TPSA) is 3.24 Å². The Kier molecular flexibility index (Phi) is 6.11. The Labute approximate surface area is 299 Å². The van der Waals surface area contributed by atoms with Crippen LogP contribution in [0.1, 0.15) is 11.1 Å². The molecule has 2 heterocycles. The number of anilines is 3. The van der Waals surface area contributed by atoms with E-state index in [1.807, 2.05) is 0 Å². The average Bonchev–Trinajstić information content (AvgIpc) is 3.20. The average molecular weight is 664 g/mol. The molecule has 0 radical (unpaired) electrons. The van der Waals surface area contributed by atoms with E-state index in [2.05, 4.69) is 193 Å². The molecule has 8 aromatic carbocycles. The van der Waals surface area contributed by atoms with E-state index in [0.717, 1.165) is 6.42 Å². The van der Waals surface area contributed by atoms with Crippen molar-refractivity contribution in [2.24, 2.45) is 0 Å². The van der Waals surface area contributed by atoms with E-state index in [0.29, 0.717) is 0 Å².